The number of piperazine rings is 1. The van der Waals surface area contributed by atoms with Crippen molar-refractivity contribution in [3.63, 3.8) is 0 Å². The van der Waals surface area contributed by atoms with Crippen LogP contribution in [0.5, 0.6) is 0 Å². The summed E-state index contributed by atoms with van der Waals surface area (Å²) in [6.07, 6.45) is 4.29. The molecule has 2 aromatic carbocycles. The number of hydrogen-bond acceptors (Lipinski definition) is 4. The van der Waals surface area contributed by atoms with Gasteiger partial charge < -0.3 is 4.90 Å². The highest BCUT2D eigenvalue weighted by Crippen LogP contribution is 2.26. The van der Waals surface area contributed by atoms with Crippen LogP contribution in [0, 0.1) is 0 Å². The van der Waals surface area contributed by atoms with Crippen LogP contribution in [0.3, 0.4) is 0 Å². The number of sulfonamides is 1. The SMILES string of the molecule is O=S(=O)(CCc1ccccc1)N1CCN(c2cncc3ccccc23)CC1. The molecule has 6 heteroatoms. The first-order valence-corrected chi connectivity index (χ1v) is 10.8. The average Bonchev–Trinajstić information content (AvgIpc) is 2.73. The van der Waals surface area contributed by atoms with Gasteiger partial charge >= 0.3 is 0 Å². The molecule has 1 fully saturated rings. The van der Waals surface area contributed by atoms with Crippen molar-refractivity contribution in [1.29, 1.82) is 0 Å². The number of benzene rings is 2. The maximum atomic E-state index is 12.7. The molecule has 140 valence electrons. The third-order valence-electron chi connectivity index (χ3n) is 5.11. The number of anilines is 1. The fraction of sp³-hybridized carbons (Fsp3) is 0.286. The van der Waals surface area contributed by atoms with Gasteiger partial charge in [-0.3, -0.25) is 4.98 Å². The van der Waals surface area contributed by atoms with Gasteiger partial charge in [-0.05, 0) is 12.0 Å². The number of aromatic nitrogens is 1. The second kappa shape index (κ2) is 7.66. The molecular formula is C21H23N3O2S. The van der Waals surface area contributed by atoms with Crippen LogP contribution in [-0.4, -0.2) is 49.6 Å². The molecule has 1 aliphatic heterocycles. The average molecular weight is 382 g/mol. The largest absolute Gasteiger partial charge is 0.367 e. The van der Waals surface area contributed by atoms with Gasteiger partial charge in [0.25, 0.3) is 0 Å². The second-order valence-electron chi connectivity index (χ2n) is 6.82. The van der Waals surface area contributed by atoms with Crippen molar-refractivity contribution in [3.05, 3.63) is 72.6 Å². The summed E-state index contributed by atoms with van der Waals surface area (Å²) in [6.45, 7) is 2.39. The number of pyridine rings is 1. The normalized spacial score (nSPS) is 15.9. The molecule has 1 saturated heterocycles. The fourth-order valence-corrected chi connectivity index (χ4v) is 5.05. The van der Waals surface area contributed by atoms with Gasteiger partial charge in [-0.15, -0.1) is 0 Å². The standard InChI is InChI=1S/C21H23N3O2S/c25-27(26,15-10-18-6-2-1-3-7-18)24-13-11-23(12-14-24)21-17-22-16-19-8-4-5-9-20(19)21/h1-9,16-17H,10-15H2. The Labute approximate surface area is 160 Å². The summed E-state index contributed by atoms with van der Waals surface area (Å²) < 4.78 is 27.0. The van der Waals surface area contributed by atoms with Crippen molar-refractivity contribution in [2.24, 2.45) is 0 Å². The predicted octanol–water partition coefficient (Wildman–Crippen LogP) is 2.93. The van der Waals surface area contributed by atoms with Crippen LogP contribution in [0.15, 0.2) is 67.0 Å². The highest BCUT2D eigenvalue weighted by atomic mass is 32.2. The van der Waals surface area contributed by atoms with E-state index >= 15 is 0 Å². The van der Waals surface area contributed by atoms with E-state index in [1.54, 1.807) is 4.31 Å². The van der Waals surface area contributed by atoms with Crippen LogP contribution < -0.4 is 4.90 Å². The molecule has 1 aliphatic rings. The molecule has 0 amide bonds. The summed E-state index contributed by atoms with van der Waals surface area (Å²) >= 11 is 0. The van der Waals surface area contributed by atoms with Crippen molar-refractivity contribution >= 4 is 26.5 Å². The monoisotopic (exact) mass is 381 g/mol. The zero-order chi connectivity index (χ0) is 18.7. The Kier molecular flexibility index (Phi) is 5.09. The van der Waals surface area contributed by atoms with E-state index in [9.17, 15) is 8.42 Å². The van der Waals surface area contributed by atoms with E-state index in [2.05, 4.69) is 22.0 Å². The lowest BCUT2D eigenvalue weighted by Gasteiger charge is -2.35. The molecule has 3 aromatic rings. The molecule has 5 nitrogen and oxygen atoms in total. The van der Waals surface area contributed by atoms with E-state index in [1.165, 1.54) is 0 Å². The lowest BCUT2D eigenvalue weighted by molar-refractivity contribution is 0.385. The summed E-state index contributed by atoms with van der Waals surface area (Å²) in [5, 5.41) is 2.26. The number of rotatable bonds is 5. The van der Waals surface area contributed by atoms with Crippen molar-refractivity contribution in [2.45, 2.75) is 6.42 Å². The zero-order valence-electron chi connectivity index (χ0n) is 15.2. The maximum absolute atomic E-state index is 12.7. The number of fused-ring (bicyclic) bond motifs is 1. The van der Waals surface area contributed by atoms with Gasteiger partial charge in [-0.25, -0.2) is 8.42 Å². The molecular weight excluding hydrogens is 358 g/mol. The van der Waals surface area contributed by atoms with Crippen LogP contribution in [-0.2, 0) is 16.4 Å². The van der Waals surface area contributed by atoms with Crippen LogP contribution in [0.1, 0.15) is 5.56 Å². The molecule has 0 spiro atoms. The van der Waals surface area contributed by atoms with Crippen LogP contribution in [0.25, 0.3) is 10.8 Å². The maximum Gasteiger partial charge on any atom is 0.214 e. The topological polar surface area (TPSA) is 53.5 Å². The number of aryl methyl sites for hydroxylation is 1. The van der Waals surface area contributed by atoms with E-state index in [1.807, 2.05) is 54.9 Å². The van der Waals surface area contributed by atoms with Crippen molar-refractivity contribution in [2.75, 3.05) is 36.8 Å². The third-order valence-corrected chi connectivity index (χ3v) is 6.98. The molecule has 0 atom stereocenters. The van der Waals surface area contributed by atoms with E-state index in [0.717, 1.165) is 22.0 Å². The van der Waals surface area contributed by atoms with Gasteiger partial charge in [0.15, 0.2) is 0 Å². The van der Waals surface area contributed by atoms with E-state index in [0.29, 0.717) is 32.6 Å². The molecule has 1 aromatic heterocycles. The smallest absolute Gasteiger partial charge is 0.214 e. The zero-order valence-corrected chi connectivity index (χ0v) is 16.0. The minimum absolute atomic E-state index is 0.160. The Morgan fingerprint density at radius 3 is 2.33 bits per heavy atom. The van der Waals surface area contributed by atoms with Gasteiger partial charge in [0, 0.05) is 43.1 Å². The van der Waals surface area contributed by atoms with Crippen molar-refractivity contribution in [1.82, 2.24) is 9.29 Å². The Balaban J connectivity index is 1.42. The van der Waals surface area contributed by atoms with Gasteiger partial charge in [-0.2, -0.15) is 4.31 Å². The minimum Gasteiger partial charge on any atom is -0.367 e. The third kappa shape index (κ3) is 3.96. The van der Waals surface area contributed by atoms with Crippen LogP contribution >= 0.6 is 0 Å². The Hall–Kier alpha value is -2.44. The van der Waals surface area contributed by atoms with Gasteiger partial charge in [-0.1, -0.05) is 54.6 Å². The van der Waals surface area contributed by atoms with E-state index in [4.69, 9.17) is 0 Å². The predicted molar refractivity (Wildman–Crippen MR) is 109 cm³/mol. The van der Waals surface area contributed by atoms with Crippen molar-refractivity contribution in [3.8, 4) is 0 Å². The molecule has 2 heterocycles. The molecule has 27 heavy (non-hydrogen) atoms. The van der Waals surface area contributed by atoms with Crippen LogP contribution in [0.4, 0.5) is 5.69 Å². The first kappa shape index (κ1) is 17.9. The molecule has 0 saturated carbocycles. The second-order valence-corrected chi connectivity index (χ2v) is 8.91. The molecule has 0 N–H and O–H groups in total. The Morgan fingerprint density at radius 1 is 0.852 bits per heavy atom. The fourth-order valence-electron chi connectivity index (χ4n) is 3.58. The molecule has 4 rings (SSSR count). The quantitative estimate of drug-likeness (QED) is 0.682. The van der Waals surface area contributed by atoms with E-state index < -0.39 is 10.0 Å². The highest BCUT2D eigenvalue weighted by molar-refractivity contribution is 7.89. The van der Waals surface area contributed by atoms with Crippen LogP contribution in [0.2, 0.25) is 0 Å². The van der Waals surface area contributed by atoms with Crippen molar-refractivity contribution < 1.29 is 8.42 Å². The highest BCUT2D eigenvalue weighted by Gasteiger charge is 2.27. The molecule has 0 aliphatic carbocycles. The lowest BCUT2D eigenvalue weighted by Crippen LogP contribution is -2.49. The summed E-state index contributed by atoms with van der Waals surface area (Å²) in [4.78, 5) is 6.58. The van der Waals surface area contributed by atoms with Gasteiger partial charge in [0.2, 0.25) is 10.0 Å². The summed E-state index contributed by atoms with van der Waals surface area (Å²) in [5.74, 6) is 0.160. The Morgan fingerprint density at radius 2 is 1.56 bits per heavy atom. The van der Waals surface area contributed by atoms with Gasteiger partial charge in [0.05, 0.1) is 17.6 Å². The molecule has 0 unspecified atom stereocenters. The van der Waals surface area contributed by atoms with Gasteiger partial charge in [0.1, 0.15) is 0 Å². The first-order valence-electron chi connectivity index (χ1n) is 9.23. The Bertz CT molecular complexity index is 1010. The minimum atomic E-state index is -3.24. The summed E-state index contributed by atoms with van der Waals surface area (Å²) in [5.41, 5.74) is 2.14. The molecule has 0 bridgehead atoms. The summed E-state index contributed by atoms with van der Waals surface area (Å²) in [7, 11) is -3.24. The van der Waals surface area contributed by atoms with E-state index in [-0.39, 0.29) is 5.75 Å². The summed E-state index contributed by atoms with van der Waals surface area (Å²) in [6, 6.07) is 18.0. The molecule has 0 radical (unpaired) electrons. The first-order chi connectivity index (χ1) is 13.1. The lowest BCUT2D eigenvalue weighted by atomic mass is 10.1. The number of hydrogen-bond donors (Lipinski definition) is 0. The number of nitrogens with zero attached hydrogens (tertiary/aromatic N) is 3.